The maximum absolute atomic E-state index is 5.60. The van der Waals surface area contributed by atoms with Crippen molar-refractivity contribution in [2.24, 2.45) is 5.41 Å². The highest BCUT2D eigenvalue weighted by molar-refractivity contribution is 7.99. The highest BCUT2D eigenvalue weighted by Crippen LogP contribution is 2.32. The van der Waals surface area contributed by atoms with Crippen LogP contribution in [0.4, 0.5) is 0 Å². The number of ether oxygens (including phenoxy) is 1. The first-order chi connectivity index (χ1) is 8.99. The van der Waals surface area contributed by atoms with Crippen LogP contribution in [0.3, 0.4) is 0 Å². The van der Waals surface area contributed by atoms with Crippen molar-refractivity contribution >= 4 is 11.8 Å². The Bertz CT molecular complexity index is 266. The van der Waals surface area contributed by atoms with Gasteiger partial charge in [-0.25, -0.2) is 0 Å². The molecule has 3 nitrogen and oxygen atoms in total. The summed E-state index contributed by atoms with van der Waals surface area (Å²) in [5.74, 6) is 2.61. The smallest absolute Gasteiger partial charge is 0.0472 e. The Kier molecular flexibility index (Phi) is 5.58. The average Bonchev–Trinajstić information content (AvgIpc) is 2.38. The quantitative estimate of drug-likeness (QED) is 0.856. The lowest BCUT2D eigenvalue weighted by Crippen LogP contribution is -2.52. The molecule has 0 aromatic carbocycles. The van der Waals surface area contributed by atoms with E-state index >= 15 is 0 Å². The van der Waals surface area contributed by atoms with Crippen LogP contribution in [-0.2, 0) is 4.74 Å². The largest absolute Gasteiger partial charge is 0.381 e. The molecule has 2 rings (SSSR count). The number of nitrogens with one attached hydrogen (secondary N) is 1. The lowest BCUT2D eigenvalue weighted by Gasteiger charge is -2.43. The fraction of sp³-hybridized carbons (Fsp3) is 1.00. The Labute approximate surface area is 122 Å². The minimum absolute atomic E-state index is 0.211. The van der Waals surface area contributed by atoms with E-state index in [0.717, 1.165) is 19.8 Å². The van der Waals surface area contributed by atoms with Gasteiger partial charge in [0.1, 0.15) is 0 Å². The summed E-state index contributed by atoms with van der Waals surface area (Å²) in [5.41, 5.74) is 0.636. The number of nitrogens with zero attached hydrogens (tertiary/aromatic N) is 1. The third-order valence-electron chi connectivity index (χ3n) is 4.21. The fourth-order valence-corrected chi connectivity index (χ4v) is 3.86. The van der Waals surface area contributed by atoms with Gasteiger partial charge in [0.2, 0.25) is 0 Å². The molecule has 2 fully saturated rings. The van der Waals surface area contributed by atoms with Crippen molar-refractivity contribution in [3.05, 3.63) is 0 Å². The number of hydrogen-bond donors (Lipinski definition) is 1. The Hall–Kier alpha value is 0.230. The Morgan fingerprint density at radius 3 is 2.37 bits per heavy atom. The van der Waals surface area contributed by atoms with Gasteiger partial charge in [-0.1, -0.05) is 0 Å². The molecule has 0 aromatic heterocycles. The molecule has 19 heavy (non-hydrogen) atoms. The molecule has 0 unspecified atom stereocenters. The minimum atomic E-state index is 0.211. The van der Waals surface area contributed by atoms with E-state index in [9.17, 15) is 0 Å². The van der Waals surface area contributed by atoms with Gasteiger partial charge in [-0.15, -0.1) is 0 Å². The third kappa shape index (κ3) is 5.25. The van der Waals surface area contributed by atoms with Crippen LogP contribution in [0.1, 0.15) is 33.6 Å². The van der Waals surface area contributed by atoms with Crippen molar-refractivity contribution in [1.29, 1.82) is 0 Å². The van der Waals surface area contributed by atoms with Gasteiger partial charge in [0.25, 0.3) is 0 Å². The fourth-order valence-electron chi connectivity index (χ4n) is 2.88. The van der Waals surface area contributed by atoms with Gasteiger partial charge in [-0.2, -0.15) is 11.8 Å². The van der Waals surface area contributed by atoms with Gasteiger partial charge in [0, 0.05) is 56.4 Å². The molecular weight excluding hydrogens is 256 g/mol. The van der Waals surface area contributed by atoms with Crippen LogP contribution in [0, 0.1) is 5.41 Å². The van der Waals surface area contributed by atoms with Crippen molar-refractivity contribution < 1.29 is 4.74 Å². The zero-order valence-corrected chi connectivity index (χ0v) is 13.7. The van der Waals surface area contributed by atoms with Crippen molar-refractivity contribution in [3.63, 3.8) is 0 Å². The second-order valence-electron chi connectivity index (χ2n) is 7.10. The van der Waals surface area contributed by atoms with E-state index in [-0.39, 0.29) is 5.54 Å². The van der Waals surface area contributed by atoms with Gasteiger partial charge in [0.05, 0.1) is 0 Å². The molecule has 1 N–H and O–H groups in total. The predicted molar refractivity (Wildman–Crippen MR) is 84.0 cm³/mol. The van der Waals surface area contributed by atoms with E-state index in [1.807, 2.05) is 0 Å². The van der Waals surface area contributed by atoms with Gasteiger partial charge < -0.3 is 15.0 Å². The van der Waals surface area contributed by atoms with E-state index in [0.29, 0.717) is 5.41 Å². The molecule has 0 atom stereocenters. The van der Waals surface area contributed by atoms with E-state index in [1.54, 1.807) is 0 Å². The van der Waals surface area contributed by atoms with Gasteiger partial charge in [-0.05, 0) is 39.0 Å². The zero-order valence-electron chi connectivity index (χ0n) is 12.8. The topological polar surface area (TPSA) is 24.5 Å². The highest BCUT2D eigenvalue weighted by Gasteiger charge is 2.35. The zero-order chi connectivity index (χ0) is 13.8. The molecule has 2 aliphatic heterocycles. The summed E-state index contributed by atoms with van der Waals surface area (Å²) < 4.78 is 5.60. The average molecular weight is 286 g/mol. The highest BCUT2D eigenvalue weighted by atomic mass is 32.2. The summed E-state index contributed by atoms with van der Waals surface area (Å²) in [4.78, 5) is 2.67. The van der Waals surface area contributed by atoms with Crippen molar-refractivity contribution in [2.45, 2.75) is 39.2 Å². The normalized spacial score (nSPS) is 25.4. The van der Waals surface area contributed by atoms with Crippen LogP contribution in [-0.4, -0.2) is 61.3 Å². The predicted octanol–water partition coefficient (Wildman–Crippen LogP) is 2.22. The Morgan fingerprint density at radius 2 is 1.79 bits per heavy atom. The van der Waals surface area contributed by atoms with Crippen LogP contribution in [0.5, 0.6) is 0 Å². The lowest BCUT2D eigenvalue weighted by molar-refractivity contribution is -0.00565. The maximum atomic E-state index is 5.60. The van der Waals surface area contributed by atoms with Crippen LogP contribution in [0.15, 0.2) is 0 Å². The molecule has 0 aliphatic carbocycles. The van der Waals surface area contributed by atoms with Gasteiger partial charge in [-0.3, -0.25) is 0 Å². The Balaban J connectivity index is 1.93. The summed E-state index contributed by atoms with van der Waals surface area (Å²) in [6.45, 7) is 13.6. The molecule has 112 valence electrons. The molecular formula is C15H30N2OS. The van der Waals surface area contributed by atoms with Crippen LogP contribution in [0.25, 0.3) is 0 Å². The molecule has 0 bridgehead atoms. The summed E-state index contributed by atoms with van der Waals surface area (Å²) in [6.07, 6.45) is 2.42. The van der Waals surface area contributed by atoms with Crippen molar-refractivity contribution in [2.75, 3.05) is 50.9 Å². The molecule has 0 radical (unpaired) electrons. The summed E-state index contributed by atoms with van der Waals surface area (Å²) in [7, 11) is 0. The first kappa shape index (κ1) is 15.6. The molecule has 0 saturated carbocycles. The molecule has 2 saturated heterocycles. The first-order valence-corrected chi connectivity index (χ1v) is 8.78. The van der Waals surface area contributed by atoms with E-state index in [1.165, 1.54) is 44.0 Å². The Morgan fingerprint density at radius 1 is 1.16 bits per heavy atom. The van der Waals surface area contributed by atoms with Gasteiger partial charge in [0.15, 0.2) is 0 Å². The van der Waals surface area contributed by atoms with Gasteiger partial charge >= 0.3 is 0 Å². The standard InChI is InChI=1S/C15H30N2OS/c1-14(2,3)16-12-15(4-8-18-9-5-15)13-17-6-10-19-11-7-17/h16H,4-13H2,1-3H3. The summed E-state index contributed by atoms with van der Waals surface area (Å²) in [5, 5.41) is 3.73. The van der Waals surface area contributed by atoms with E-state index < -0.39 is 0 Å². The minimum Gasteiger partial charge on any atom is -0.381 e. The molecule has 0 aromatic rings. The van der Waals surface area contributed by atoms with E-state index in [2.05, 4.69) is 42.7 Å². The molecule has 4 heteroatoms. The van der Waals surface area contributed by atoms with Crippen LogP contribution < -0.4 is 5.32 Å². The van der Waals surface area contributed by atoms with Crippen molar-refractivity contribution in [3.8, 4) is 0 Å². The van der Waals surface area contributed by atoms with E-state index in [4.69, 9.17) is 4.74 Å². The molecule has 0 amide bonds. The number of hydrogen-bond acceptors (Lipinski definition) is 4. The lowest BCUT2D eigenvalue weighted by atomic mass is 9.79. The maximum Gasteiger partial charge on any atom is 0.0472 e. The monoisotopic (exact) mass is 286 g/mol. The molecule has 2 heterocycles. The molecule has 2 aliphatic rings. The summed E-state index contributed by atoms with van der Waals surface area (Å²) >= 11 is 2.10. The molecule has 0 spiro atoms. The van der Waals surface area contributed by atoms with Crippen molar-refractivity contribution in [1.82, 2.24) is 10.2 Å². The second kappa shape index (κ2) is 6.79. The van der Waals surface area contributed by atoms with Crippen LogP contribution in [0.2, 0.25) is 0 Å². The SMILES string of the molecule is CC(C)(C)NCC1(CN2CCSCC2)CCOCC1. The summed E-state index contributed by atoms with van der Waals surface area (Å²) in [6, 6.07) is 0. The number of rotatable bonds is 4. The second-order valence-corrected chi connectivity index (χ2v) is 8.33. The first-order valence-electron chi connectivity index (χ1n) is 7.62. The third-order valence-corrected chi connectivity index (χ3v) is 5.15. The van der Waals surface area contributed by atoms with Crippen LogP contribution >= 0.6 is 11.8 Å². The number of thioether (sulfide) groups is 1.